The molecule has 30 heavy (non-hydrogen) atoms. The maximum atomic E-state index is 14.3. The number of hydrogen-bond donors (Lipinski definition) is 4. The molecule has 3 aromatic rings. The standard InChI is InChI=1S/C18H15ClFN5O4S/c1-30(28,29)25-14-5-3-2-4-13(14)22-16-12(20)9-21-18(24-16)23-15-8-10(17(26)27)6-7-11(15)19/h2-9,25H,1H3,(H,26,27)(H2,21,22,23,24). The first-order valence-corrected chi connectivity index (χ1v) is 10.6. The van der Waals surface area contributed by atoms with Gasteiger partial charge in [0.2, 0.25) is 16.0 Å². The first-order chi connectivity index (χ1) is 14.1. The molecule has 12 heteroatoms. The van der Waals surface area contributed by atoms with E-state index in [1.165, 1.54) is 30.3 Å². The number of nitrogens with zero attached hydrogens (tertiary/aromatic N) is 2. The molecule has 0 aliphatic carbocycles. The number of aromatic nitrogens is 2. The van der Waals surface area contributed by atoms with Crippen LogP contribution >= 0.6 is 11.6 Å². The van der Waals surface area contributed by atoms with Crippen LogP contribution in [0.15, 0.2) is 48.7 Å². The van der Waals surface area contributed by atoms with Gasteiger partial charge in [-0.1, -0.05) is 23.7 Å². The topological polar surface area (TPSA) is 133 Å². The molecule has 0 atom stereocenters. The molecule has 9 nitrogen and oxygen atoms in total. The van der Waals surface area contributed by atoms with Gasteiger partial charge in [-0.15, -0.1) is 0 Å². The number of hydrogen-bond acceptors (Lipinski definition) is 7. The van der Waals surface area contributed by atoms with E-state index in [4.69, 9.17) is 16.7 Å². The lowest BCUT2D eigenvalue weighted by molar-refractivity contribution is 0.0697. The number of carboxylic acid groups (broad SMARTS) is 1. The molecular formula is C18H15ClFN5O4S. The summed E-state index contributed by atoms with van der Waals surface area (Å²) in [6.07, 6.45) is 1.89. The van der Waals surface area contributed by atoms with Gasteiger partial charge >= 0.3 is 5.97 Å². The lowest BCUT2D eigenvalue weighted by Crippen LogP contribution is -2.11. The van der Waals surface area contributed by atoms with Crippen molar-refractivity contribution < 1.29 is 22.7 Å². The number of rotatable bonds is 7. The quantitative estimate of drug-likeness (QED) is 0.426. The molecule has 1 aromatic heterocycles. The average molecular weight is 452 g/mol. The number of benzene rings is 2. The summed E-state index contributed by atoms with van der Waals surface area (Å²) in [5, 5.41) is 14.8. The molecule has 2 aromatic carbocycles. The largest absolute Gasteiger partial charge is 0.478 e. The fourth-order valence-electron chi connectivity index (χ4n) is 2.40. The molecule has 0 spiro atoms. The lowest BCUT2D eigenvalue weighted by Gasteiger charge is -2.14. The Kier molecular flexibility index (Phi) is 6.04. The highest BCUT2D eigenvalue weighted by atomic mass is 35.5. The van der Waals surface area contributed by atoms with Crippen LogP contribution in [0.3, 0.4) is 0 Å². The summed E-state index contributed by atoms with van der Waals surface area (Å²) in [4.78, 5) is 19.0. The summed E-state index contributed by atoms with van der Waals surface area (Å²) in [5.41, 5.74) is 0.665. The molecular weight excluding hydrogens is 437 g/mol. The third kappa shape index (κ3) is 5.33. The van der Waals surface area contributed by atoms with Crippen molar-refractivity contribution in [3.63, 3.8) is 0 Å². The second-order valence-corrected chi connectivity index (χ2v) is 8.22. The Morgan fingerprint density at radius 3 is 2.47 bits per heavy atom. The predicted molar refractivity (Wildman–Crippen MR) is 112 cm³/mol. The van der Waals surface area contributed by atoms with Crippen molar-refractivity contribution >= 4 is 56.4 Å². The Balaban J connectivity index is 1.91. The maximum Gasteiger partial charge on any atom is 0.335 e. The van der Waals surface area contributed by atoms with Crippen LogP contribution in [-0.4, -0.2) is 35.7 Å². The van der Waals surface area contributed by atoms with Crippen molar-refractivity contribution in [2.24, 2.45) is 0 Å². The summed E-state index contributed by atoms with van der Waals surface area (Å²) >= 11 is 6.07. The highest BCUT2D eigenvalue weighted by molar-refractivity contribution is 7.92. The van der Waals surface area contributed by atoms with E-state index in [0.717, 1.165) is 12.5 Å². The minimum Gasteiger partial charge on any atom is -0.478 e. The van der Waals surface area contributed by atoms with E-state index in [9.17, 15) is 17.6 Å². The van der Waals surface area contributed by atoms with E-state index in [1.54, 1.807) is 12.1 Å². The number of sulfonamides is 1. The van der Waals surface area contributed by atoms with Crippen LogP contribution in [0.5, 0.6) is 0 Å². The molecule has 0 bridgehead atoms. The van der Waals surface area contributed by atoms with Gasteiger partial charge in [0.25, 0.3) is 0 Å². The molecule has 0 saturated heterocycles. The van der Waals surface area contributed by atoms with E-state index in [0.29, 0.717) is 0 Å². The second-order valence-electron chi connectivity index (χ2n) is 6.06. The average Bonchev–Trinajstić information content (AvgIpc) is 2.66. The van der Waals surface area contributed by atoms with Gasteiger partial charge in [0, 0.05) is 0 Å². The zero-order valence-corrected chi connectivity index (χ0v) is 16.9. The van der Waals surface area contributed by atoms with Crippen molar-refractivity contribution in [3.8, 4) is 0 Å². The molecule has 0 aliphatic rings. The monoisotopic (exact) mass is 451 g/mol. The minimum atomic E-state index is -3.56. The van der Waals surface area contributed by atoms with Crippen LogP contribution in [0.25, 0.3) is 0 Å². The Morgan fingerprint density at radius 1 is 1.10 bits per heavy atom. The van der Waals surface area contributed by atoms with Crippen molar-refractivity contribution in [2.45, 2.75) is 0 Å². The Hall–Kier alpha value is -3.44. The normalized spacial score (nSPS) is 11.0. The van der Waals surface area contributed by atoms with Crippen LogP contribution < -0.4 is 15.4 Å². The first-order valence-electron chi connectivity index (χ1n) is 8.28. The minimum absolute atomic E-state index is 0.0110. The number of carbonyl (C=O) groups is 1. The first kappa shape index (κ1) is 21.3. The Bertz CT molecular complexity index is 1220. The van der Waals surface area contributed by atoms with Crippen molar-refractivity contribution in [2.75, 3.05) is 21.6 Å². The Labute approximate surface area is 176 Å². The van der Waals surface area contributed by atoms with E-state index in [1.807, 2.05) is 0 Å². The van der Waals surface area contributed by atoms with Gasteiger partial charge in [-0.2, -0.15) is 4.98 Å². The van der Waals surface area contributed by atoms with Gasteiger partial charge in [-0.3, -0.25) is 4.72 Å². The van der Waals surface area contributed by atoms with Crippen LogP contribution in [0, 0.1) is 5.82 Å². The molecule has 0 aliphatic heterocycles. The smallest absolute Gasteiger partial charge is 0.335 e. The zero-order valence-electron chi connectivity index (χ0n) is 15.3. The number of carboxylic acids is 1. The number of anilines is 5. The SMILES string of the molecule is CS(=O)(=O)Nc1ccccc1Nc1nc(Nc2cc(C(=O)O)ccc2Cl)ncc1F. The summed E-state index contributed by atoms with van der Waals surface area (Å²) in [6, 6.07) is 10.3. The van der Waals surface area contributed by atoms with Gasteiger partial charge in [-0.25, -0.2) is 22.6 Å². The maximum absolute atomic E-state index is 14.3. The number of para-hydroxylation sites is 2. The molecule has 0 radical (unpaired) electrons. The fourth-order valence-corrected chi connectivity index (χ4v) is 3.14. The molecule has 156 valence electrons. The number of nitrogens with one attached hydrogen (secondary N) is 3. The van der Waals surface area contributed by atoms with Crippen molar-refractivity contribution in [1.82, 2.24) is 9.97 Å². The number of halogens is 2. The molecule has 0 amide bonds. The fraction of sp³-hybridized carbons (Fsp3) is 0.0556. The second kappa shape index (κ2) is 8.51. The van der Waals surface area contributed by atoms with E-state index < -0.39 is 21.8 Å². The van der Waals surface area contributed by atoms with Gasteiger partial charge in [0.05, 0.1) is 40.1 Å². The lowest BCUT2D eigenvalue weighted by atomic mass is 10.2. The molecule has 3 rings (SSSR count). The van der Waals surface area contributed by atoms with Crippen LogP contribution in [-0.2, 0) is 10.0 Å². The van der Waals surface area contributed by atoms with Crippen LogP contribution in [0.2, 0.25) is 5.02 Å². The van der Waals surface area contributed by atoms with Crippen molar-refractivity contribution in [3.05, 3.63) is 65.1 Å². The number of aromatic carboxylic acids is 1. The highest BCUT2D eigenvalue weighted by Gasteiger charge is 2.13. The third-order valence-corrected chi connectivity index (χ3v) is 4.60. The summed E-state index contributed by atoms with van der Waals surface area (Å²) in [7, 11) is -3.56. The van der Waals surface area contributed by atoms with Crippen molar-refractivity contribution in [1.29, 1.82) is 0 Å². The molecule has 1 heterocycles. The van der Waals surface area contributed by atoms with Crippen LogP contribution in [0.1, 0.15) is 10.4 Å². The summed E-state index contributed by atoms with van der Waals surface area (Å²) < 4.78 is 39.6. The van der Waals surface area contributed by atoms with Crippen LogP contribution in [0.4, 0.5) is 33.2 Å². The highest BCUT2D eigenvalue weighted by Crippen LogP contribution is 2.29. The van der Waals surface area contributed by atoms with Gasteiger partial charge in [0.15, 0.2) is 11.6 Å². The van der Waals surface area contributed by atoms with E-state index >= 15 is 0 Å². The molecule has 0 saturated carbocycles. The van der Waals surface area contributed by atoms with Gasteiger partial charge in [-0.05, 0) is 30.3 Å². The summed E-state index contributed by atoms with van der Waals surface area (Å²) in [6.45, 7) is 0. The third-order valence-electron chi connectivity index (χ3n) is 3.68. The summed E-state index contributed by atoms with van der Waals surface area (Å²) in [5.74, 6) is -2.23. The molecule has 0 fully saturated rings. The van der Waals surface area contributed by atoms with Gasteiger partial charge in [0.1, 0.15) is 0 Å². The van der Waals surface area contributed by atoms with E-state index in [2.05, 4.69) is 25.3 Å². The van der Waals surface area contributed by atoms with Gasteiger partial charge < -0.3 is 15.7 Å². The molecule has 0 unspecified atom stereocenters. The predicted octanol–water partition coefficient (Wildman–Crippen LogP) is 3.83. The van der Waals surface area contributed by atoms with E-state index in [-0.39, 0.29) is 39.4 Å². The Morgan fingerprint density at radius 2 is 1.80 bits per heavy atom. The molecule has 4 N–H and O–H groups in total. The zero-order chi connectivity index (χ0) is 21.9.